The van der Waals surface area contributed by atoms with E-state index in [0.29, 0.717) is 23.9 Å². The molecule has 0 amide bonds. The topological polar surface area (TPSA) is 111 Å². The van der Waals surface area contributed by atoms with Gasteiger partial charge in [-0.2, -0.15) is 0 Å². The number of esters is 2. The van der Waals surface area contributed by atoms with Crippen LogP contribution in [0.15, 0.2) is 207 Å². The molecule has 472 valence electrons. The van der Waals surface area contributed by atoms with E-state index in [4.69, 9.17) is 18.9 Å². The van der Waals surface area contributed by atoms with Gasteiger partial charge < -0.3 is 33.3 Å². The summed E-state index contributed by atoms with van der Waals surface area (Å²) in [6.07, 6.45) is 97.5. The summed E-state index contributed by atoms with van der Waals surface area (Å²) >= 11 is 0. The van der Waals surface area contributed by atoms with Crippen LogP contribution < -0.4 is 5.11 Å². The Morgan fingerprint density at radius 1 is 0.353 bits per heavy atom. The average Bonchev–Trinajstić information content (AvgIpc) is 3.49. The number of ether oxygens (including phenoxy) is 4. The number of aliphatic carboxylic acids is 1. The van der Waals surface area contributed by atoms with E-state index >= 15 is 0 Å². The third-order valence-corrected chi connectivity index (χ3v) is 12.5. The molecular formula is C76H115NO8. The number of hydrogen-bond donors (Lipinski definition) is 0. The Hall–Kier alpha value is -6.13. The lowest BCUT2D eigenvalue weighted by atomic mass is 10.1. The third kappa shape index (κ3) is 65.3. The van der Waals surface area contributed by atoms with Gasteiger partial charge in [0, 0.05) is 12.8 Å². The fraction of sp³-hybridized carbons (Fsp3) is 0.513. The quantitative estimate of drug-likeness (QED) is 0.0195. The minimum absolute atomic E-state index is 0.124. The summed E-state index contributed by atoms with van der Waals surface area (Å²) in [5.41, 5.74) is 0. The Morgan fingerprint density at radius 2 is 0.635 bits per heavy atom. The molecule has 0 aliphatic carbocycles. The molecular weight excluding hydrogens is 1050 g/mol. The van der Waals surface area contributed by atoms with Crippen molar-refractivity contribution < 1.29 is 42.9 Å². The molecule has 0 saturated carbocycles. The second kappa shape index (κ2) is 63.9. The molecule has 0 aromatic carbocycles. The van der Waals surface area contributed by atoms with Crippen molar-refractivity contribution in [3.05, 3.63) is 207 Å². The first-order chi connectivity index (χ1) is 41.6. The van der Waals surface area contributed by atoms with Crippen molar-refractivity contribution in [1.82, 2.24) is 0 Å². The Kier molecular flexibility index (Phi) is 59.3. The van der Waals surface area contributed by atoms with Crippen molar-refractivity contribution in [1.29, 1.82) is 0 Å². The highest BCUT2D eigenvalue weighted by molar-refractivity contribution is 5.70. The minimum Gasteiger partial charge on any atom is -0.545 e. The normalized spacial score (nSPS) is 14.1. The number of hydrogen-bond acceptors (Lipinski definition) is 8. The van der Waals surface area contributed by atoms with E-state index in [0.717, 1.165) is 154 Å². The Balaban J connectivity index is 4.34. The lowest BCUT2D eigenvalue weighted by Gasteiger charge is -2.26. The van der Waals surface area contributed by atoms with Gasteiger partial charge in [0.1, 0.15) is 13.2 Å². The van der Waals surface area contributed by atoms with Crippen LogP contribution in [0.2, 0.25) is 0 Å². The Bertz CT molecular complexity index is 2140. The first-order valence-corrected chi connectivity index (χ1v) is 32.2. The van der Waals surface area contributed by atoms with Crippen molar-refractivity contribution in [2.45, 2.75) is 206 Å². The van der Waals surface area contributed by atoms with E-state index in [1.807, 2.05) is 21.1 Å². The second-order valence-electron chi connectivity index (χ2n) is 21.6. The number of carbonyl (C=O) groups is 3. The maximum Gasteiger partial charge on any atom is 0.306 e. The number of carboxylic acid groups (broad SMARTS) is 1. The zero-order chi connectivity index (χ0) is 61.9. The maximum atomic E-state index is 12.9. The monoisotopic (exact) mass is 1170 g/mol. The van der Waals surface area contributed by atoms with E-state index in [2.05, 4.69) is 220 Å². The summed E-state index contributed by atoms with van der Waals surface area (Å²) in [5, 5.41) is 11.8. The van der Waals surface area contributed by atoms with Gasteiger partial charge in [0.2, 0.25) is 0 Å². The molecule has 0 heterocycles. The van der Waals surface area contributed by atoms with Gasteiger partial charge in [-0.1, -0.05) is 240 Å². The minimum atomic E-state index is -1.65. The molecule has 0 saturated heterocycles. The largest absolute Gasteiger partial charge is 0.545 e. The van der Waals surface area contributed by atoms with Crippen LogP contribution in [0.4, 0.5) is 0 Å². The van der Waals surface area contributed by atoms with E-state index in [1.54, 1.807) is 0 Å². The van der Waals surface area contributed by atoms with E-state index < -0.39 is 30.3 Å². The van der Waals surface area contributed by atoms with E-state index in [9.17, 15) is 19.5 Å². The summed E-state index contributed by atoms with van der Waals surface area (Å²) in [4.78, 5) is 37.4. The maximum absolute atomic E-state index is 12.9. The number of carboxylic acids is 1. The highest BCUT2D eigenvalue weighted by atomic mass is 16.7. The molecule has 0 aromatic rings. The van der Waals surface area contributed by atoms with Gasteiger partial charge in [-0.15, -0.1) is 0 Å². The summed E-state index contributed by atoms with van der Waals surface area (Å²) in [5.74, 6) is -2.40. The van der Waals surface area contributed by atoms with Crippen LogP contribution in [0, 0.1) is 0 Å². The van der Waals surface area contributed by atoms with Crippen molar-refractivity contribution in [2.75, 3.05) is 47.5 Å². The number of nitrogens with zero attached hydrogens (tertiary/aromatic N) is 1. The highest BCUT2D eigenvalue weighted by Gasteiger charge is 2.22. The molecule has 9 nitrogen and oxygen atoms in total. The molecule has 0 fully saturated rings. The van der Waals surface area contributed by atoms with Crippen molar-refractivity contribution in [2.24, 2.45) is 0 Å². The van der Waals surface area contributed by atoms with Crippen LogP contribution in [0.3, 0.4) is 0 Å². The fourth-order valence-corrected chi connectivity index (χ4v) is 7.66. The summed E-state index contributed by atoms with van der Waals surface area (Å²) in [6, 6.07) is 0. The average molecular weight is 1170 g/mol. The molecule has 0 aliphatic heterocycles. The van der Waals surface area contributed by atoms with Gasteiger partial charge in [0.05, 0.1) is 40.3 Å². The van der Waals surface area contributed by atoms with Crippen molar-refractivity contribution in [3.8, 4) is 0 Å². The fourth-order valence-electron chi connectivity index (χ4n) is 7.66. The van der Waals surface area contributed by atoms with Crippen LogP contribution in [0.25, 0.3) is 0 Å². The van der Waals surface area contributed by atoms with Gasteiger partial charge in [-0.25, -0.2) is 0 Å². The molecule has 0 bridgehead atoms. The molecule has 0 rings (SSSR count). The lowest BCUT2D eigenvalue weighted by Crippen LogP contribution is -2.44. The molecule has 2 unspecified atom stereocenters. The Labute approximate surface area is 518 Å². The number of likely N-dealkylation sites (N-methyl/N-ethyl adjacent to an activating group) is 1. The number of allylic oxidation sites excluding steroid dienone is 34. The second-order valence-corrected chi connectivity index (χ2v) is 21.6. The van der Waals surface area contributed by atoms with Crippen LogP contribution in [0.1, 0.15) is 194 Å². The van der Waals surface area contributed by atoms with Crippen molar-refractivity contribution in [3.63, 3.8) is 0 Å². The van der Waals surface area contributed by atoms with Gasteiger partial charge >= 0.3 is 11.9 Å². The first-order valence-electron chi connectivity index (χ1n) is 32.2. The van der Waals surface area contributed by atoms with Gasteiger partial charge in [0.15, 0.2) is 12.4 Å². The number of unbranched alkanes of at least 4 members (excludes halogenated alkanes) is 7. The van der Waals surface area contributed by atoms with Gasteiger partial charge in [-0.05, 0) is 148 Å². The van der Waals surface area contributed by atoms with Crippen LogP contribution in [-0.2, 0) is 33.3 Å². The smallest absolute Gasteiger partial charge is 0.306 e. The number of quaternary nitrogens is 1. The number of rotatable bonds is 56. The van der Waals surface area contributed by atoms with Crippen LogP contribution in [0.5, 0.6) is 0 Å². The molecule has 9 heteroatoms. The summed E-state index contributed by atoms with van der Waals surface area (Å²) in [7, 11) is 5.88. The highest BCUT2D eigenvalue weighted by Crippen LogP contribution is 2.12. The van der Waals surface area contributed by atoms with E-state index in [-0.39, 0.29) is 32.7 Å². The molecule has 0 aromatic heterocycles. The SMILES string of the molecule is CC/C=C\C/C=C\C/C=C\C/C=C\C/C=C\C/C=C\C/C=C\C/C=C\C/C=C\C/C=C\C/C=C\CCCCCCCC(=O)OC(COC(=O)CCCC/C=C\C/C=C\C/C=C\C/C=C\C/C=C\C/C=C\CC)COC(OCC[N+](C)(C)C)C(=O)[O-]. The predicted octanol–water partition coefficient (Wildman–Crippen LogP) is 18.7. The van der Waals surface area contributed by atoms with E-state index in [1.165, 1.54) is 0 Å². The third-order valence-electron chi connectivity index (χ3n) is 12.5. The molecule has 0 radical (unpaired) electrons. The first kappa shape index (κ1) is 78.9. The van der Waals surface area contributed by atoms with Crippen molar-refractivity contribution >= 4 is 17.9 Å². The lowest BCUT2D eigenvalue weighted by molar-refractivity contribution is -0.870. The molecule has 2 atom stereocenters. The molecule has 85 heavy (non-hydrogen) atoms. The zero-order valence-corrected chi connectivity index (χ0v) is 53.6. The van der Waals surface area contributed by atoms with Gasteiger partial charge in [-0.3, -0.25) is 9.59 Å². The Morgan fingerprint density at radius 3 is 0.965 bits per heavy atom. The van der Waals surface area contributed by atoms with Gasteiger partial charge in [0.25, 0.3) is 0 Å². The van der Waals surface area contributed by atoms with Crippen LogP contribution >= 0.6 is 0 Å². The van der Waals surface area contributed by atoms with Crippen LogP contribution in [-0.4, -0.2) is 82.3 Å². The summed E-state index contributed by atoms with van der Waals surface area (Å²) in [6.45, 7) is 4.40. The molecule has 0 spiro atoms. The molecule has 0 aliphatic rings. The number of carbonyl (C=O) groups excluding carboxylic acids is 3. The zero-order valence-electron chi connectivity index (χ0n) is 53.6. The predicted molar refractivity (Wildman–Crippen MR) is 360 cm³/mol. The standard InChI is InChI=1S/C76H115NO8/c1-6-8-10-12-14-16-18-20-22-24-26-28-29-30-31-32-33-34-35-36-37-38-39-40-41-42-43-44-45-47-49-51-53-55-57-59-61-63-65-67-74(79)85-72(71-84-76(75(80)81)82-69-68-77(3,4)5)70-83-73(78)66-64-62-60-58-56-54-52-50-48-46-27-25-23-21-19-17-15-13-11-9-7-2/h8-11,14-17,20-23,26-28,30-31,33-34,36-37,39-40,42-43,45-47,50-53,56,58,72,76H,6-7,12-13,18-19,24-25,29,32,35,38,41,44,48-49,54-55,57,59-71H2,1-5H3/b10-8-,11-9-,16-14-,17-15-,22-20-,23-21-,28-26-,31-30-,34-33-,37-36-,40-39-,43-42-,46-27-,47-45-,52-50-,53-51-,58-56-. The summed E-state index contributed by atoms with van der Waals surface area (Å²) < 4.78 is 22.6. The molecule has 0 N–H and O–H groups in total.